The normalized spacial score (nSPS) is 14.4. The molecule has 1 atom stereocenters. The van der Waals surface area contributed by atoms with Crippen molar-refractivity contribution in [2.75, 3.05) is 6.54 Å². The average Bonchev–Trinajstić information content (AvgIpc) is 3.06. The Balaban J connectivity index is 1.87. The molecule has 0 bridgehead atoms. The van der Waals surface area contributed by atoms with Crippen LogP contribution >= 0.6 is 22.7 Å². The fourth-order valence-corrected chi connectivity index (χ4v) is 2.94. The number of aliphatic hydroxyl groups is 1. The quantitative estimate of drug-likeness (QED) is 0.833. The van der Waals surface area contributed by atoms with Gasteiger partial charge in [-0.15, -0.1) is 0 Å². The molecule has 2 heterocycles. The molecule has 2 aromatic heterocycles. The molecule has 0 aliphatic heterocycles. The fraction of sp³-hybridized carbons (Fsp3) is 0.214. The van der Waals surface area contributed by atoms with Crippen LogP contribution in [0.3, 0.4) is 0 Å². The number of amides is 1. The van der Waals surface area contributed by atoms with E-state index in [-0.39, 0.29) is 12.5 Å². The topological polar surface area (TPSA) is 49.3 Å². The predicted molar refractivity (Wildman–Crippen MR) is 80.3 cm³/mol. The molecular formula is C14H15NO2S2. The molecule has 0 aliphatic carbocycles. The van der Waals surface area contributed by atoms with Gasteiger partial charge in [-0.2, -0.15) is 22.7 Å². The lowest BCUT2D eigenvalue weighted by molar-refractivity contribution is -0.117. The Morgan fingerprint density at radius 2 is 2.11 bits per heavy atom. The number of thiophene rings is 2. The fourth-order valence-electron chi connectivity index (χ4n) is 1.53. The third-order valence-corrected chi connectivity index (χ3v) is 4.10. The lowest BCUT2D eigenvalue weighted by Gasteiger charge is -2.22. The van der Waals surface area contributed by atoms with Gasteiger partial charge in [-0.05, 0) is 57.8 Å². The molecule has 2 aromatic rings. The monoisotopic (exact) mass is 293 g/mol. The van der Waals surface area contributed by atoms with Crippen LogP contribution in [0.15, 0.2) is 39.7 Å². The number of hydrogen-bond donors (Lipinski definition) is 2. The van der Waals surface area contributed by atoms with E-state index < -0.39 is 5.60 Å². The zero-order valence-corrected chi connectivity index (χ0v) is 12.1. The largest absolute Gasteiger partial charge is 0.384 e. The number of carbonyl (C=O) groups is 1. The van der Waals surface area contributed by atoms with E-state index in [9.17, 15) is 9.90 Å². The molecule has 3 nitrogen and oxygen atoms in total. The van der Waals surface area contributed by atoms with Gasteiger partial charge in [0.1, 0.15) is 5.60 Å². The third-order valence-electron chi connectivity index (χ3n) is 2.72. The maximum absolute atomic E-state index is 11.7. The molecule has 0 unspecified atom stereocenters. The van der Waals surface area contributed by atoms with E-state index in [4.69, 9.17) is 0 Å². The highest BCUT2D eigenvalue weighted by molar-refractivity contribution is 7.08. The molecule has 5 heteroatoms. The van der Waals surface area contributed by atoms with E-state index in [0.717, 1.165) is 11.1 Å². The Labute approximate surface area is 120 Å². The van der Waals surface area contributed by atoms with Crippen LogP contribution in [0.25, 0.3) is 6.08 Å². The second kappa shape index (κ2) is 6.14. The Morgan fingerprint density at radius 3 is 2.74 bits per heavy atom. The summed E-state index contributed by atoms with van der Waals surface area (Å²) in [6.07, 6.45) is 3.23. The van der Waals surface area contributed by atoms with Crippen molar-refractivity contribution in [1.82, 2.24) is 5.32 Å². The van der Waals surface area contributed by atoms with E-state index in [0.29, 0.717) is 0 Å². The second-order valence-electron chi connectivity index (χ2n) is 4.39. The summed E-state index contributed by atoms with van der Waals surface area (Å²) in [5.74, 6) is -0.207. The van der Waals surface area contributed by atoms with Crippen molar-refractivity contribution in [2.24, 2.45) is 0 Å². The van der Waals surface area contributed by atoms with Gasteiger partial charge in [-0.3, -0.25) is 4.79 Å². The van der Waals surface area contributed by atoms with E-state index in [1.54, 1.807) is 24.3 Å². The number of rotatable bonds is 5. The van der Waals surface area contributed by atoms with Gasteiger partial charge < -0.3 is 10.4 Å². The lowest BCUT2D eigenvalue weighted by Crippen LogP contribution is -2.37. The van der Waals surface area contributed by atoms with Crippen LogP contribution in [0.5, 0.6) is 0 Å². The van der Waals surface area contributed by atoms with Crippen molar-refractivity contribution in [3.63, 3.8) is 0 Å². The summed E-state index contributed by atoms with van der Waals surface area (Å²) >= 11 is 3.11. The first-order chi connectivity index (χ1) is 9.08. The van der Waals surface area contributed by atoms with Gasteiger partial charge in [0.25, 0.3) is 0 Å². The molecule has 0 fully saturated rings. The van der Waals surface area contributed by atoms with Crippen molar-refractivity contribution < 1.29 is 9.90 Å². The summed E-state index contributed by atoms with van der Waals surface area (Å²) in [6.45, 7) is 1.88. The van der Waals surface area contributed by atoms with Gasteiger partial charge in [0.15, 0.2) is 0 Å². The highest BCUT2D eigenvalue weighted by Crippen LogP contribution is 2.21. The number of carbonyl (C=O) groups excluding carboxylic acids is 1. The summed E-state index contributed by atoms with van der Waals surface area (Å²) in [6, 6.07) is 3.80. The summed E-state index contributed by atoms with van der Waals surface area (Å²) in [5, 5.41) is 20.7. The van der Waals surface area contributed by atoms with Gasteiger partial charge in [0, 0.05) is 6.08 Å². The predicted octanol–water partition coefficient (Wildman–Crippen LogP) is 2.85. The first-order valence-electron chi connectivity index (χ1n) is 5.81. The third kappa shape index (κ3) is 4.02. The summed E-state index contributed by atoms with van der Waals surface area (Å²) in [4.78, 5) is 11.7. The smallest absolute Gasteiger partial charge is 0.244 e. The van der Waals surface area contributed by atoms with Gasteiger partial charge in [0.05, 0.1) is 6.54 Å². The zero-order chi connectivity index (χ0) is 13.7. The van der Waals surface area contributed by atoms with Crippen molar-refractivity contribution in [3.8, 4) is 0 Å². The Hall–Kier alpha value is -1.43. The standard InChI is InChI=1S/C14H15NO2S2/c1-14(17,12-5-7-19-9-12)10-15-13(16)3-2-11-4-6-18-8-11/h2-9,17H,10H2,1H3,(H,15,16)/b3-2-/t14-/m1/s1. The molecule has 100 valence electrons. The van der Waals surface area contributed by atoms with Crippen LogP contribution in [-0.4, -0.2) is 17.6 Å². The molecular weight excluding hydrogens is 278 g/mol. The molecule has 0 aromatic carbocycles. The van der Waals surface area contributed by atoms with E-state index in [1.807, 2.05) is 33.7 Å². The molecule has 1 amide bonds. The molecule has 0 radical (unpaired) electrons. The molecule has 0 spiro atoms. The highest BCUT2D eigenvalue weighted by atomic mass is 32.1. The van der Waals surface area contributed by atoms with Gasteiger partial charge in [-0.25, -0.2) is 0 Å². The van der Waals surface area contributed by atoms with Crippen molar-refractivity contribution in [2.45, 2.75) is 12.5 Å². The molecule has 0 saturated carbocycles. The Kier molecular flexibility index (Phi) is 4.52. The number of hydrogen-bond acceptors (Lipinski definition) is 4. The van der Waals surface area contributed by atoms with Crippen LogP contribution < -0.4 is 5.32 Å². The maximum Gasteiger partial charge on any atom is 0.244 e. The Morgan fingerprint density at radius 1 is 1.37 bits per heavy atom. The maximum atomic E-state index is 11.7. The average molecular weight is 293 g/mol. The van der Waals surface area contributed by atoms with Crippen LogP contribution in [0.4, 0.5) is 0 Å². The second-order valence-corrected chi connectivity index (χ2v) is 5.95. The van der Waals surface area contributed by atoms with Crippen molar-refractivity contribution in [1.29, 1.82) is 0 Å². The van der Waals surface area contributed by atoms with Crippen LogP contribution in [-0.2, 0) is 10.4 Å². The first-order valence-corrected chi connectivity index (χ1v) is 7.70. The van der Waals surface area contributed by atoms with E-state index in [1.165, 1.54) is 17.4 Å². The minimum absolute atomic E-state index is 0.191. The van der Waals surface area contributed by atoms with E-state index in [2.05, 4.69) is 5.32 Å². The highest BCUT2D eigenvalue weighted by Gasteiger charge is 2.23. The molecule has 2 rings (SSSR count). The molecule has 19 heavy (non-hydrogen) atoms. The molecule has 2 N–H and O–H groups in total. The summed E-state index contributed by atoms with van der Waals surface area (Å²) < 4.78 is 0. The van der Waals surface area contributed by atoms with Crippen LogP contribution in [0.1, 0.15) is 18.1 Å². The van der Waals surface area contributed by atoms with Gasteiger partial charge in [0.2, 0.25) is 5.91 Å². The molecule has 0 aliphatic rings. The first kappa shape index (κ1) is 14.0. The van der Waals surface area contributed by atoms with Crippen LogP contribution in [0.2, 0.25) is 0 Å². The van der Waals surface area contributed by atoms with Crippen molar-refractivity contribution in [3.05, 3.63) is 50.9 Å². The van der Waals surface area contributed by atoms with Crippen LogP contribution in [0, 0.1) is 0 Å². The minimum atomic E-state index is -1.04. The van der Waals surface area contributed by atoms with E-state index >= 15 is 0 Å². The van der Waals surface area contributed by atoms with Crippen molar-refractivity contribution >= 4 is 34.7 Å². The van der Waals surface area contributed by atoms with Gasteiger partial charge >= 0.3 is 0 Å². The lowest BCUT2D eigenvalue weighted by atomic mass is 9.99. The summed E-state index contributed by atoms with van der Waals surface area (Å²) in [7, 11) is 0. The SMILES string of the molecule is C[C@@](O)(CNC(=O)/C=C\c1ccsc1)c1ccsc1. The number of nitrogens with one attached hydrogen (secondary N) is 1. The Bertz CT molecular complexity index is 542. The van der Waals surface area contributed by atoms with Gasteiger partial charge in [-0.1, -0.05) is 0 Å². The zero-order valence-electron chi connectivity index (χ0n) is 10.5. The summed E-state index contributed by atoms with van der Waals surface area (Å²) in [5.41, 5.74) is 0.788. The minimum Gasteiger partial charge on any atom is -0.384 e. The molecule has 0 saturated heterocycles.